The molecule has 0 saturated carbocycles. The lowest BCUT2D eigenvalue weighted by Crippen LogP contribution is -2.17. The first-order valence-electron chi connectivity index (χ1n) is 9.15. The molecule has 144 valence electrons. The zero-order valence-electron chi connectivity index (χ0n) is 16.0. The Balaban J connectivity index is 1.70. The molecule has 0 aliphatic heterocycles. The summed E-state index contributed by atoms with van der Waals surface area (Å²) in [5.74, 6) is 0.107. The zero-order valence-corrected chi connectivity index (χ0v) is 16.0. The molecule has 3 heterocycles. The number of carbonyl (C=O) groups excluding carboxylic acids is 2. The van der Waals surface area contributed by atoms with Crippen LogP contribution in [0.3, 0.4) is 0 Å². The Kier molecular flexibility index (Phi) is 4.83. The Morgan fingerprint density at radius 1 is 1.03 bits per heavy atom. The van der Waals surface area contributed by atoms with Crippen molar-refractivity contribution in [1.82, 2.24) is 9.83 Å². The molecule has 0 aliphatic carbocycles. The Labute approximate surface area is 167 Å². The van der Waals surface area contributed by atoms with Crippen molar-refractivity contribution >= 4 is 23.4 Å². The van der Waals surface area contributed by atoms with Crippen LogP contribution in [0.1, 0.15) is 43.3 Å². The lowest BCUT2D eigenvalue weighted by atomic mass is 10.0. The molecular weight excluding hydrogens is 366 g/mol. The van der Waals surface area contributed by atoms with Crippen LogP contribution in [0.25, 0.3) is 5.52 Å². The van der Waals surface area contributed by atoms with Gasteiger partial charge < -0.3 is 8.82 Å². The number of aromatic nitrogens is 1. The molecule has 0 saturated heterocycles. The third-order valence-electron chi connectivity index (χ3n) is 4.85. The van der Waals surface area contributed by atoms with Gasteiger partial charge >= 0.3 is 0 Å². The summed E-state index contributed by atoms with van der Waals surface area (Å²) in [6.45, 7) is 3.60. The summed E-state index contributed by atoms with van der Waals surface area (Å²) in [5, 5.41) is 4.10. The molecule has 0 atom stereocenters. The number of hydrazone groups is 1. The van der Waals surface area contributed by atoms with E-state index in [-0.39, 0.29) is 11.7 Å². The van der Waals surface area contributed by atoms with Crippen molar-refractivity contribution in [2.75, 3.05) is 0 Å². The number of furan rings is 1. The van der Waals surface area contributed by atoms with Gasteiger partial charge in [0.1, 0.15) is 5.76 Å². The van der Waals surface area contributed by atoms with E-state index in [4.69, 9.17) is 4.42 Å². The maximum Gasteiger partial charge on any atom is 0.274 e. The number of fused-ring (bicyclic) bond motifs is 1. The number of nitrogens with zero attached hydrogens (tertiary/aromatic N) is 2. The summed E-state index contributed by atoms with van der Waals surface area (Å²) in [6.07, 6.45) is 4.88. The minimum absolute atomic E-state index is 0.0676. The summed E-state index contributed by atoms with van der Waals surface area (Å²) in [5.41, 5.74) is 6.54. The van der Waals surface area contributed by atoms with E-state index in [2.05, 4.69) is 10.5 Å². The number of amides is 1. The Bertz CT molecular complexity index is 1230. The van der Waals surface area contributed by atoms with Gasteiger partial charge in [0.25, 0.3) is 5.91 Å². The number of benzene rings is 1. The van der Waals surface area contributed by atoms with Crippen LogP contribution in [-0.4, -0.2) is 22.3 Å². The van der Waals surface area contributed by atoms with E-state index in [9.17, 15) is 9.59 Å². The molecule has 29 heavy (non-hydrogen) atoms. The van der Waals surface area contributed by atoms with E-state index in [0.717, 1.165) is 16.6 Å². The second-order valence-corrected chi connectivity index (χ2v) is 6.63. The second kappa shape index (κ2) is 7.59. The van der Waals surface area contributed by atoms with Crippen LogP contribution in [0.5, 0.6) is 0 Å². The summed E-state index contributed by atoms with van der Waals surface area (Å²) in [6, 6.07) is 16.4. The molecule has 1 N–H and O–H groups in total. The van der Waals surface area contributed by atoms with Gasteiger partial charge in [-0.1, -0.05) is 36.4 Å². The van der Waals surface area contributed by atoms with Crippen molar-refractivity contribution in [3.63, 3.8) is 0 Å². The quantitative estimate of drug-likeness (QED) is 0.319. The molecule has 0 radical (unpaired) electrons. The van der Waals surface area contributed by atoms with Gasteiger partial charge in [0.2, 0.25) is 5.78 Å². The number of aryl methyl sites for hydroxylation is 1. The van der Waals surface area contributed by atoms with Gasteiger partial charge in [-0.15, -0.1) is 0 Å². The molecular formula is C23H19N3O3. The lowest BCUT2D eigenvalue weighted by molar-refractivity contribution is 0.0952. The van der Waals surface area contributed by atoms with E-state index in [1.165, 1.54) is 6.26 Å². The van der Waals surface area contributed by atoms with Crippen LogP contribution in [0.2, 0.25) is 0 Å². The zero-order chi connectivity index (χ0) is 20.4. The molecule has 0 unspecified atom stereocenters. The van der Waals surface area contributed by atoms with Crippen LogP contribution in [0, 0.1) is 13.8 Å². The number of ketones is 1. The fourth-order valence-electron chi connectivity index (χ4n) is 3.36. The van der Waals surface area contributed by atoms with E-state index < -0.39 is 0 Å². The van der Waals surface area contributed by atoms with Crippen molar-refractivity contribution in [2.24, 2.45) is 5.10 Å². The fourth-order valence-corrected chi connectivity index (χ4v) is 3.36. The first-order valence-corrected chi connectivity index (χ1v) is 9.15. The van der Waals surface area contributed by atoms with Crippen LogP contribution < -0.4 is 5.43 Å². The van der Waals surface area contributed by atoms with E-state index in [1.54, 1.807) is 31.3 Å². The van der Waals surface area contributed by atoms with Gasteiger partial charge in [-0.25, -0.2) is 5.43 Å². The van der Waals surface area contributed by atoms with Crippen molar-refractivity contribution in [2.45, 2.75) is 13.8 Å². The molecule has 1 aromatic carbocycles. The Hall–Kier alpha value is -3.93. The SMILES string of the molecule is Cc1occc1C(=O)N/N=C\c1c(C)c(C(=O)c2ccccc2)n2ccccc12. The van der Waals surface area contributed by atoms with E-state index in [1.807, 2.05) is 53.9 Å². The molecule has 0 bridgehead atoms. The maximum atomic E-state index is 13.1. The number of hydrogen-bond acceptors (Lipinski definition) is 4. The second-order valence-electron chi connectivity index (χ2n) is 6.63. The highest BCUT2D eigenvalue weighted by Crippen LogP contribution is 2.24. The van der Waals surface area contributed by atoms with Crippen LogP contribution in [0.15, 0.2) is 76.6 Å². The van der Waals surface area contributed by atoms with Gasteiger partial charge in [-0.3, -0.25) is 9.59 Å². The molecule has 1 amide bonds. The normalized spacial score (nSPS) is 11.2. The maximum absolute atomic E-state index is 13.1. The number of hydrogen-bond donors (Lipinski definition) is 1. The van der Waals surface area contributed by atoms with Gasteiger partial charge in [-0.05, 0) is 37.6 Å². The standard InChI is InChI=1S/C23H19N3O3/c1-15-19(14-24-25-23(28)18-11-13-29-16(18)2)20-10-6-7-12-26(20)21(15)22(27)17-8-4-3-5-9-17/h3-14H,1-2H3,(H,25,28)/b24-14-. The smallest absolute Gasteiger partial charge is 0.274 e. The van der Waals surface area contributed by atoms with Crippen LogP contribution in [-0.2, 0) is 0 Å². The third kappa shape index (κ3) is 3.36. The summed E-state index contributed by atoms with van der Waals surface area (Å²) in [7, 11) is 0. The van der Waals surface area contributed by atoms with Crippen molar-refractivity contribution in [3.05, 3.63) is 101 Å². The predicted molar refractivity (Wildman–Crippen MR) is 111 cm³/mol. The average Bonchev–Trinajstić information content (AvgIpc) is 3.29. The highest BCUT2D eigenvalue weighted by Gasteiger charge is 2.20. The topological polar surface area (TPSA) is 76.1 Å². The molecule has 4 rings (SSSR count). The average molecular weight is 385 g/mol. The summed E-state index contributed by atoms with van der Waals surface area (Å²) < 4.78 is 7.00. The van der Waals surface area contributed by atoms with E-state index in [0.29, 0.717) is 22.6 Å². The molecule has 4 aromatic rings. The number of rotatable bonds is 5. The molecule has 0 fully saturated rings. The summed E-state index contributed by atoms with van der Waals surface area (Å²) in [4.78, 5) is 25.3. The molecule has 3 aromatic heterocycles. The first-order chi connectivity index (χ1) is 14.1. The third-order valence-corrected chi connectivity index (χ3v) is 4.85. The Morgan fingerprint density at radius 3 is 2.52 bits per heavy atom. The van der Waals surface area contributed by atoms with Crippen LogP contribution >= 0.6 is 0 Å². The minimum Gasteiger partial charge on any atom is -0.469 e. The molecule has 0 spiro atoms. The Morgan fingerprint density at radius 2 is 1.79 bits per heavy atom. The molecule has 6 nitrogen and oxygen atoms in total. The van der Waals surface area contributed by atoms with E-state index >= 15 is 0 Å². The van der Waals surface area contributed by atoms with Gasteiger partial charge in [0.15, 0.2) is 0 Å². The lowest BCUT2D eigenvalue weighted by Gasteiger charge is -2.03. The van der Waals surface area contributed by atoms with Crippen molar-refractivity contribution < 1.29 is 14.0 Å². The van der Waals surface area contributed by atoms with Gasteiger partial charge in [-0.2, -0.15) is 5.10 Å². The van der Waals surface area contributed by atoms with Crippen molar-refractivity contribution in [1.29, 1.82) is 0 Å². The fraction of sp³-hybridized carbons (Fsp3) is 0.0870. The minimum atomic E-state index is -0.353. The predicted octanol–water partition coefficient (Wildman–Crippen LogP) is 4.14. The highest BCUT2D eigenvalue weighted by atomic mass is 16.3. The number of carbonyl (C=O) groups is 2. The van der Waals surface area contributed by atoms with Crippen molar-refractivity contribution in [3.8, 4) is 0 Å². The first kappa shape index (κ1) is 18.4. The highest BCUT2D eigenvalue weighted by molar-refractivity contribution is 6.12. The van der Waals surface area contributed by atoms with Gasteiger partial charge in [0.05, 0.1) is 29.3 Å². The number of nitrogens with one attached hydrogen (secondary N) is 1. The number of pyridine rings is 1. The monoisotopic (exact) mass is 385 g/mol. The molecule has 6 heteroatoms. The largest absolute Gasteiger partial charge is 0.469 e. The summed E-state index contributed by atoms with van der Waals surface area (Å²) >= 11 is 0. The van der Waals surface area contributed by atoms with Gasteiger partial charge in [0, 0.05) is 17.3 Å². The van der Waals surface area contributed by atoms with Crippen LogP contribution in [0.4, 0.5) is 0 Å². The molecule has 0 aliphatic rings.